The molecule has 1 fully saturated rings. The fourth-order valence-electron chi connectivity index (χ4n) is 2.53. The molecule has 1 aromatic heterocycles. The number of carboxylic acid groups (broad SMARTS) is 1. The average molecular weight is 379 g/mol. The molecule has 1 aliphatic rings. The van der Waals surface area contributed by atoms with E-state index >= 15 is 0 Å². The van der Waals surface area contributed by atoms with Gasteiger partial charge in [-0.3, -0.25) is 9.89 Å². The number of aromatic amines is 1. The maximum absolute atomic E-state index is 11.9. The monoisotopic (exact) mass is 379 g/mol. The minimum Gasteiger partial charge on any atom is -0.475 e. The molecule has 1 unspecified atom stereocenters. The Balaban J connectivity index is 0.000000412. The Morgan fingerprint density at radius 1 is 1.38 bits per heavy atom. The van der Waals surface area contributed by atoms with Crippen LogP contribution in [0.15, 0.2) is 0 Å². The second-order valence-electron chi connectivity index (χ2n) is 6.39. The average Bonchev–Trinajstić information content (AvgIpc) is 3.10. The van der Waals surface area contributed by atoms with Crippen LogP contribution >= 0.6 is 0 Å². The molecule has 0 aliphatic carbocycles. The molecule has 10 heteroatoms. The molecule has 7 nitrogen and oxygen atoms in total. The van der Waals surface area contributed by atoms with Crippen molar-refractivity contribution in [3.05, 3.63) is 17.0 Å². The number of rotatable bonds is 5. The van der Waals surface area contributed by atoms with Gasteiger partial charge in [-0.25, -0.2) is 4.79 Å². The quantitative estimate of drug-likeness (QED) is 0.728. The SMILES string of the molecule is Cc1n[nH]c(C)c1CCC(=O)NCC1(C)CCCO1.O=C(O)C(F)(F)F. The lowest BCUT2D eigenvalue weighted by atomic mass is 10.0. The number of H-pyrrole nitrogens is 1. The first kappa shape index (κ1) is 21.9. The second kappa shape index (κ2) is 9.02. The lowest BCUT2D eigenvalue weighted by Gasteiger charge is -2.23. The van der Waals surface area contributed by atoms with Gasteiger partial charge in [0.05, 0.1) is 11.3 Å². The molecule has 1 atom stereocenters. The summed E-state index contributed by atoms with van der Waals surface area (Å²) in [6.07, 6.45) is -1.75. The molecule has 1 amide bonds. The minimum atomic E-state index is -5.08. The van der Waals surface area contributed by atoms with Gasteiger partial charge in [-0.05, 0) is 45.6 Å². The summed E-state index contributed by atoms with van der Waals surface area (Å²) in [5.41, 5.74) is 3.02. The highest BCUT2D eigenvalue weighted by atomic mass is 19.4. The summed E-state index contributed by atoms with van der Waals surface area (Å²) in [5.74, 6) is -2.68. The molecule has 0 bridgehead atoms. The van der Waals surface area contributed by atoms with Gasteiger partial charge in [0, 0.05) is 25.3 Å². The van der Waals surface area contributed by atoms with Gasteiger partial charge in [-0.2, -0.15) is 18.3 Å². The number of carboxylic acids is 1. The Morgan fingerprint density at radius 3 is 2.42 bits per heavy atom. The molecule has 0 saturated carbocycles. The number of aliphatic carboxylic acids is 1. The van der Waals surface area contributed by atoms with Crippen molar-refractivity contribution in [1.29, 1.82) is 0 Å². The number of nitrogens with zero attached hydrogens (tertiary/aromatic N) is 1. The molecule has 2 heterocycles. The van der Waals surface area contributed by atoms with Crippen molar-refractivity contribution in [1.82, 2.24) is 15.5 Å². The predicted octanol–water partition coefficient (Wildman–Crippen LogP) is 2.28. The molecule has 0 radical (unpaired) electrons. The zero-order chi connectivity index (χ0) is 20.0. The largest absolute Gasteiger partial charge is 0.490 e. The van der Waals surface area contributed by atoms with Crippen LogP contribution < -0.4 is 5.32 Å². The Labute approximate surface area is 149 Å². The third-order valence-corrected chi connectivity index (χ3v) is 4.09. The molecule has 148 valence electrons. The van der Waals surface area contributed by atoms with Crippen LogP contribution in [-0.4, -0.2) is 52.1 Å². The summed E-state index contributed by atoms with van der Waals surface area (Å²) in [4.78, 5) is 20.8. The zero-order valence-electron chi connectivity index (χ0n) is 15.0. The molecule has 2 rings (SSSR count). The van der Waals surface area contributed by atoms with Crippen molar-refractivity contribution in [2.75, 3.05) is 13.2 Å². The van der Waals surface area contributed by atoms with Crippen LogP contribution in [0.2, 0.25) is 0 Å². The Hall–Kier alpha value is -2.10. The maximum Gasteiger partial charge on any atom is 0.490 e. The standard InChI is InChI=1S/C14H23N3O2.C2HF3O2/c1-10-12(11(2)17-16-10)5-6-13(18)15-9-14(3)7-4-8-19-14;3-2(4,5)1(6)7/h4-9H2,1-3H3,(H,15,18)(H,16,17);(H,6,7). The number of hydrogen-bond acceptors (Lipinski definition) is 4. The van der Waals surface area contributed by atoms with Crippen LogP contribution in [0.25, 0.3) is 0 Å². The molecular weight excluding hydrogens is 355 g/mol. The topological polar surface area (TPSA) is 104 Å². The number of aryl methyl sites for hydroxylation is 2. The van der Waals surface area contributed by atoms with Gasteiger partial charge in [0.2, 0.25) is 5.91 Å². The van der Waals surface area contributed by atoms with E-state index < -0.39 is 12.1 Å². The third-order valence-electron chi connectivity index (χ3n) is 4.09. The van der Waals surface area contributed by atoms with E-state index in [1.165, 1.54) is 0 Å². The van der Waals surface area contributed by atoms with E-state index in [1.54, 1.807) is 0 Å². The highest BCUT2D eigenvalue weighted by Crippen LogP contribution is 2.23. The van der Waals surface area contributed by atoms with Crippen molar-refractivity contribution in [3.63, 3.8) is 0 Å². The normalized spacial score (nSPS) is 19.6. The fourth-order valence-corrected chi connectivity index (χ4v) is 2.53. The molecule has 0 aromatic carbocycles. The third kappa shape index (κ3) is 7.03. The van der Waals surface area contributed by atoms with Crippen LogP contribution in [0.5, 0.6) is 0 Å². The summed E-state index contributed by atoms with van der Waals surface area (Å²) in [6.45, 7) is 7.42. The van der Waals surface area contributed by atoms with Crippen molar-refractivity contribution in [2.45, 2.75) is 58.2 Å². The number of carbonyl (C=O) groups excluding carboxylic acids is 1. The van der Waals surface area contributed by atoms with Gasteiger partial charge in [0.15, 0.2) is 0 Å². The molecule has 1 aromatic rings. The predicted molar refractivity (Wildman–Crippen MR) is 86.7 cm³/mol. The molecule has 26 heavy (non-hydrogen) atoms. The first-order valence-electron chi connectivity index (χ1n) is 8.16. The van der Waals surface area contributed by atoms with Crippen molar-refractivity contribution >= 4 is 11.9 Å². The van der Waals surface area contributed by atoms with Crippen molar-refractivity contribution in [2.24, 2.45) is 0 Å². The van der Waals surface area contributed by atoms with E-state index in [4.69, 9.17) is 14.6 Å². The molecule has 1 saturated heterocycles. The molecule has 3 N–H and O–H groups in total. The number of carbonyl (C=O) groups is 2. The summed E-state index contributed by atoms with van der Waals surface area (Å²) < 4.78 is 37.4. The zero-order valence-corrected chi connectivity index (χ0v) is 15.0. The minimum absolute atomic E-state index is 0.0803. The summed E-state index contributed by atoms with van der Waals surface area (Å²) in [6, 6.07) is 0. The van der Waals surface area contributed by atoms with E-state index in [1.807, 2.05) is 13.8 Å². The highest BCUT2D eigenvalue weighted by molar-refractivity contribution is 5.76. The van der Waals surface area contributed by atoms with Gasteiger partial charge in [0.25, 0.3) is 0 Å². The van der Waals surface area contributed by atoms with Crippen LogP contribution in [0.3, 0.4) is 0 Å². The number of hydrogen-bond donors (Lipinski definition) is 3. The Morgan fingerprint density at radius 2 is 2.00 bits per heavy atom. The number of aromatic nitrogens is 2. The summed E-state index contributed by atoms with van der Waals surface area (Å²) in [5, 5.41) is 17.2. The second-order valence-corrected chi connectivity index (χ2v) is 6.39. The highest BCUT2D eigenvalue weighted by Gasteiger charge is 2.38. The first-order valence-corrected chi connectivity index (χ1v) is 8.16. The first-order chi connectivity index (χ1) is 11.9. The molecular formula is C16H24F3N3O4. The Bertz CT molecular complexity index is 603. The number of ether oxygens (including phenoxy) is 1. The maximum atomic E-state index is 11.9. The van der Waals surface area contributed by atoms with Crippen LogP contribution in [0, 0.1) is 13.8 Å². The lowest BCUT2D eigenvalue weighted by molar-refractivity contribution is -0.192. The van der Waals surface area contributed by atoms with Gasteiger partial charge in [-0.15, -0.1) is 0 Å². The summed E-state index contributed by atoms with van der Waals surface area (Å²) >= 11 is 0. The number of alkyl halides is 3. The van der Waals surface area contributed by atoms with E-state index in [2.05, 4.69) is 22.4 Å². The Kier molecular flexibility index (Phi) is 7.61. The number of amides is 1. The summed E-state index contributed by atoms with van der Waals surface area (Å²) in [7, 11) is 0. The van der Waals surface area contributed by atoms with Gasteiger partial charge in [-0.1, -0.05) is 0 Å². The van der Waals surface area contributed by atoms with Crippen molar-refractivity contribution in [3.8, 4) is 0 Å². The number of nitrogens with one attached hydrogen (secondary N) is 2. The van der Waals surface area contributed by atoms with E-state index in [0.717, 1.165) is 42.8 Å². The number of halogens is 3. The van der Waals surface area contributed by atoms with E-state index in [0.29, 0.717) is 13.0 Å². The van der Waals surface area contributed by atoms with Gasteiger partial charge >= 0.3 is 12.1 Å². The molecule has 0 spiro atoms. The van der Waals surface area contributed by atoms with Gasteiger partial charge in [0.1, 0.15) is 0 Å². The fraction of sp³-hybridized carbons (Fsp3) is 0.688. The van der Waals surface area contributed by atoms with Gasteiger partial charge < -0.3 is 15.2 Å². The smallest absolute Gasteiger partial charge is 0.475 e. The van der Waals surface area contributed by atoms with E-state index in [9.17, 15) is 18.0 Å². The lowest BCUT2D eigenvalue weighted by Crippen LogP contribution is -2.40. The van der Waals surface area contributed by atoms with E-state index in [-0.39, 0.29) is 11.5 Å². The van der Waals surface area contributed by atoms with Crippen LogP contribution in [0.1, 0.15) is 43.1 Å². The van der Waals surface area contributed by atoms with Crippen LogP contribution in [-0.2, 0) is 20.7 Å². The molecule has 1 aliphatic heterocycles. The van der Waals surface area contributed by atoms with Crippen LogP contribution in [0.4, 0.5) is 13.2 Å². The van der Waals surface area contributed by atoms with Crippen molar-refractivity contribution < 1.29 is 32.6 Å².